The van der Waals surface area contributed by atoms with Crippen LogP contribution in [0.15, 0.2) is 36.8 Å². The maximum Gasteiger partial charge on any atom is 0.230 e. The van der Waals surface area contributed by atoms with E-state index < -0.39 is 0 Å². The van der Waals surface area contributed by atoms with Crippen LogP contribution in [-0.2, 0) is 4.79 Å². The van der Waals surface area contributed by atoms with Crippen LogP contribution in [0.4, 0.5) is 5.69 Å². The second-order valence-electron chi connectivity index (χ2n) is 4.20. The molecule has 18 heavy (non-hydrogen) atoms. The van der Waals surface area contributed by atoms with Crippen molar-refractivity contribution in [2.75, 3.05) is 18.4 Å². The number of amides is 1. The van der Waals surface area contributed by atoms with Crippen LogP contribution >= 0.6 is 0 Å². The highest BCUT2D eigenvalue weighted by molar-refractivity contribution is 5.93. The first-order chi connectivity index (χ1) is 8.83. The molecule has 1 aliphatic heterocycles. The van der Waals surface area contributed by atoms with Crippen molar-refractivity contribution >= 4 is 11.6 Å². The zero-order valence-electron chi connectivity index (χ0n) is 9.71. The van der Waals surface area contributed by atoms with Gasteiger partial charge in [0.2, 0.25) is 5.91 Å². The van der Waals surface area contributed by atoms with Gasteiger partial charge in [0.05, 0.1) is 17.8 Å². The number of pyridine rings is 1. The quantitative estimate of drug-likeness (QED) is 0.819. The number of hydrogen-bond donors (Lipinski definition) is 2. The summed E-state index contributed by atoms with van der Waals surface area (Å²) in [6.45, 7) is 1.51. The average molecular weight is 243 g/mol. The van der Waals surface area contributed by atoms with Crippen molar-refractivity contribution in [3.63, 3.8) is 0 Å². The van der Waals surface area contributed by atoms with Crippen LogP contribution in [0, 0.1) is 5.92 Å². The Kier molecular flexibility index (Phi) is 2.77. The number of nitrogens with one attached hydrogen (secondary N) is 2. The van der Waals surface area contributed by atoms with Gasteiger partial charge in [-0.15, -0.1) is 0 Å². The SMILES string of the molecule is O=C(Nc1ccc(-n2cccn2)nc1)C1CNC1. The second-order valence-corrected chi connectivity index (χ2v) is 4.20. The number of rotatable bonds is 3. The van der Waals surface area contributed by atoms with Crippen LogP contribution in [-0.4, -0.2) is 33.8 Å². The molecule has 0 radical (unpaired) electrons. The first kappa shape index (κ1) is 10.9. The van der Waals surface area contributed by atoms with E-state index in [1.54, 1.807) is 17.1 Å². The number of hydrogen-bond acceptors (Lipinski definition) is 4. The van der Waals surface area contributed by atoms with Crippen LogP contribution < -0.4 is 10.6 Å². The number of aromatic nitrogens is 3. The van der Waals surface area contributed by atoms with E-state index in [4.69, 9.17) is 0 Å². The summed E-state index contributed by atoms with van der Waals surface area (Å²) in [5.74, 6) is 0.849. The Hall–Kier alpha value is -2.21. The predicted molar refractivity (Wildman–Crippen MR) is 66.3 cm³/mol. The lowest BCUT2D eigenvalue weighted by Gasteiger charge is -2.25. The molecule has 1 amide bonds. The highest BCUT2D eigenvalue weighted by Crippen LogP contribution is 2.12. The van der Waals surface area contributed by atoms with Crippen molar-refractivity contribution in [1.29, 1.82) is 0 Å². The monoisotopic (exact) mass is 243 g/mol. The van der Waals surface area contributed by atoms with E-state index in [1.807, 2.05) is 24.4 Å². The summed E-state index contributed by atoms with van der Waals surface area (Å²) < 4.78 is 1.67. The second kappa shape index (κ2) is 4.58. The van der Waals surface area contributed by atoms with E-state index in [1.165, 1.54) is 0 Å². The molecule has 2 aromatic heterocycles. The van der Waals surface area contributed by atoms with Crippen LogP contribution in [0.3, 0.4) is 0 Å². The maximum absolute atomic E-state index is 11.7. The minimum atomic E-state index is 0.0439. The van der Waals surface area contributed by atoms with Crippen LogP contribution in [0.1, 0.15) is 0 Å². The maximum atomic E-state index is 11.7. The van der Waals surface area contributed by atoms with Crippen molar-refractivity contribution in [2.24, 2.45) is 5.92 Å². The van der Waals surface area contributed by atoms with Crippen molar-refractivity contribution < 1.29 is 4.79 Å². The summed E-state index contributed by atoms with van der Waals surface area (Å²) in [5.41, 5.74) is 0.711. The van der Waals surface area contributed by atoms with Gasteiger partial charge in [-0.25, -0.2) is 9.67 Å². The Bertz CT molecular complexity index is 530. The van der Waals surface area contributed by atoms with Gasteiger partial charge in [0.25, 0.3) is 0 Å². The molecule has 1 fully saturated rings. The molecule has 0 saturated carbocycles. The molecule has 0 aliphatic carbocycles. The Morgan fingerprint density at radius 3 is 2.89 bits per heavy atom. The molecule has 3 heterocycles. The van der Waals surface area contributed by atoms with Gasteiger partial charge in [0.1, 0.15) is 0 Å². The van der Waals surface area contributed by atoms with Gasteiger partial charge < -0.3 is 10.6 Å². The van der Waals surface area contributed by atoms with Gasteiger partial charge in [0, 0.05) is 25.5 Å². The molecule has 3 rings (SSSR count). The first-order valence-electron chi connectivity index (χ1n) is 5.80. The Morgan fingerprint density at radius 1 is 1.44 bits per heavy atom. The molecule has 1 saturated heterocycles. The summed E-state index contributed by atoms with van der Waals surface area (Å²) in [7, 11) is 0. The van der Waals surface area contributed by atoms with Crippen molar-refractivity contribution in [3.8, 4) is 5.82 Å². The van der Waals surface area contributed by atoms with Crippen LogP contribution in [0.2, 0.25) is 0 Å². The van der Waals surface area contributed by atoms with Gasteiger partial charge in [-0.3, -0.25) is 4.79 Å². The fourth-order valence-electron chi connectivity index (χ4n) is 1.72. The predicted octanol–water partition coefficient (Wildman–Crippen LogP) is 0.425. The van der Waals surface area contributed by atoms with E-state index in [9.17, 15) is 4.79 Å². The Balaban J connectivity index is 1.69. The molecule has 0 aromatic carbocycles. The standard InChI is InChI=1S/C12H13N5O/c18-12(9-6-13-7-9)16-10-2-3-11(14-8-10)17-5-1-4-15-17/h1-5,8-9,13H,6-7H2,(H,16,18). The molecular weight excluding hydrogens is 230 g/mol. The summed E-state index contributed by atoms with van der Waals surface area (Å²) in [6.07, 6.45) is 5.16. The number of carbonyl (C=O) groups excluding carboxylic acids is 1. The third-order valence-electron chi connectivity index (χ3n) is 2.91. The topological polar surface area (TPSA) is 71.8 Å². The normalized spacial score (nSPS) is 15.1. The Labute approximate surface area is 104 Å². The third-order valence-corrected chi connectivity index (χ3v) is 2.91. The van der Waals surface area contributed by atoms with Crippen molar-refractivity contribution in [1.82, 2.24) is 20.1 Å². The molecule has 0 unspecified atom stereocenters. The van der Waals surface area contributed by atoms with E-state index in [0.717, 1.165) is 18.9 Å². The van der Waals surface area contributed by atoms with Gasteiger partial charge >= 0.3 is 0 Å². The lowest BCUT2D eigenvalue weighted by Crippen LogP contribution is -2.48. The van der Waals surface area contributed by atoms with Crippen molar-refractivity contribution in [2.45, 2.75) is 0 Å². The largest absolute Gasteiger partial charge is 0.324 e. The molecule has 2 N–H and O–H groups in total. The van der Waals surface area contributed by atoms with Crippen molar-refractivity contribution in [3.05, 3.63) is 36.8 Å². The third kappa shape index (κ3) is 2.10. The van der Waals surface area contributed by atoms with E-state index in [0.29, 0.717) is 5.69 Å². The summed E-state index contributed by atoms with van der Waals surface area (Å²) >= 11 is 0. The fourth-order valence-corrected chi connectivity index (χ4v) is 1.72. The first-order valence-corrected chi connectivity index (χ1v) is 5.80. The minimum absolute atomic E-state index is 0.0439. The summed E-state index contributed by atoms with van der Waals surface area (Å²) in [4.78, 5) is 16.0. The number of anilines is 1. The number of nitrogens with zero attached hydrogens (tertiary/aromatic N) is 3. The lowest BCUT2D eigenvalue weighted by atomic mass is 10.0. The molecule has 6 heteroatoms. The van der Waals surface area contributed by atoms with E-state index >= 15 is 0 Å². The van der Waals surface area contributed by atoms with E-state index in [2.05, 4.69) is 20.7 Å². The van der Waals surface area contributed by atoms with E-state index in [-0.39, 0.29) is 11.8 Å². The fraction of sp³-hybridized carbons (Fsp3) is 0.250. The van der Waals surface area contributed by atoms with Crippen LogP contribution in [0.25, 0.3) is 5.82 Å². The average Bonchev–Trinajstić information content (AvgIpc) is 2.81. The molecule has 92 valence electrons. The summed E-state index contributed by atoms with van der Waals surface area (Å²) in [5, 5.41) is 10.00. The minimum Gasteiger partial charge on any atom is -0.324 e. The van der Waals surface area contributed by atoms with Gasteiger partial charge in [0.15, 0.2) is 5.82 Å². The zero-order valence-corrected chi connectivity index (χ0v) is 9.71. The van der Waals surface area contributed by atoms with Gasteiger partial charge in [-0.1, -0.05) is 0 Å². The molecule has 0 atom stereocenters. The Morgan fingerprint density at radius 2 is 2.33 bits per heavy atom. The molecule has 6 nitrogen and oxygen atoms in total. The highest BCUT2D eigenvalue weighted by Gasteiger charge is 2.24. The number of carbonyl (C=O) groups is 1. The molecule has 2 aromatic rings. The van der Waals surface area contributed by atoms with Gasteiger partial charge in [-0.2, -0.15) is 5.10 Å². The highest BCUT2D eigenvalue weighted by atomic mass is 16.2. The van der Waals surface area contributed by atoms with Gasteiger partial charge in [-0.05, 0) is 18.2 Å². The molecule has 0 bridgehead atoms. The summed E-state index contributed by atoms with van der Waals surface area (Å²) in [6, 6.07) is 5.48. The zero-order chi connectivity index (χ0) is 12.4. The smallest absolute Gasteiger partial charge is 0.230 e. The van der Waals surface area contributed by atoms with Crippen LogP contribution in [0.5, 0.6) is 0 Å². The lowest BCUT2D eigenvalue weighted by molar-refractivity contribution is -0.121. The molecule has 0 spiro atoms. The molecule has 1 aliphatic rings. The molecular formula is C12H13N5O.